The molecule has 0 fully saturated rings. The minimum Gasteiger partial charge on any atom is -0.508 e. The molecule has 3 rings (SSSR count). The smallest absolute Gasteiger partial charge is 0.258 e. The van der Waals surface area contributed by atoms with Gasteiger partial charge in [0.05, 0.1) is 0 Å². The molecule has 5 nitrogen and oxygen atoms in total. The van der Waals surface area contributed by atoms with Gasteiger partial charge in [0.15, 0.2) is 0 Å². The zero-order chi connectivity index (χ0) is 13.2. The van der Waals surface area contributed by atoms with Crippen molar-refractivity contribution in [1.82, 2.24) is 15.1 Å². The Balaban J connectivity index is 1.97. The Labute approximate surface area is 117 Å². The SMILES string of the molecule is Oc1ccc(-c2noc(-c3ccnc(Br)c3)n2)cc1. The zero-order valence-electron chi connectivity index (χ0n) is 9.62. The summed E-state index contributed by atoms with van der Waals surface area (Å²) in [6, 6.07) is 10.2. The number of rotatable bonds is 2. The van der Waals surface area contributed by atoms with E-state index in [0.717, 1.165) is 11.1 Å². The van der Waals surface area contributed by atoms with Crippen molar-refractivity contribution in [3.63, 3.8) is 0 Å². The highest BCUT2D eigenvalue weighted by Gasteiger charge is 2.10. The van der Waals surface area contributed by atoms with Gasteiger partial charge in [0.25, 0.3) is 5.89 Å². The minimum absolute atomic E-state index is 0.200. The number of phenols is 1. The number of halogens is 1. The third kappa shape index (κ3) is 2.48. The average Bonchev–Trinajstić information content (AvgIpc) is 2.89. The molecule has 2 heterocycles. The van der Waals surface area contributed by atoms with Gasteiger partial charge in [-0.25, -0.2) is 4.98 Å². The Morgan fingerprint density at radius 1 is 1.05 bits per heavy atom. The summed E-state index contributed by atoms with van der Waals surface area (Å²) in [6.45, 7) is 0. The Kier molecular flexibility index (Phi) is 3.00. The first kappa shape index (κ1) is 11.9. The molecular weight excluding hydrogens is 310 g/mol. The van der Waals surface area contributed by atoms with Gasteiger partial charge >= 0.3 is 0 Å². The largest absolute Gasteiger partial charge is 0.508 e. The van der Waals surface area contributed by atoms with Crippen LogP contribution < -0.4 is 0 Å². The highest BCUT2D eigenvalue weighted by atomic mass is 79.9. The normalized spacial score (nSPS) is 10.6. The lowest BCUT2D eigenvalue weighted by Gasteiger charge is -1.94. The number of aromatic nitrogens is 3. The number of hydrogen-bond acceptors (Lipinski definition) is 5. The molecule has 2 aromatic heterocycles. The molecule has 0 aliphatic carbocycles. The number of nitrogens with zero attached hydrogens (tertiary/aromatic N) is 3. The first-order chi connectivity index (χ1) is 9.22. The second kappa shape index (κ2) is 4.81. The molecular formula is C13H8BrN3O2. The molecule has 0 radical (unpaired) electrons. The van der Waals surface area contributed by atoms with E-state index in [4.69, 9.17) is 4.52 Å². The second-order valence-electron chi connectivity index (χ2n) is 3.84. The number of aromatic hydroxyl groups is 1. The average molecular weight is 318 g/mol. The van der Waals surface area contributed by atoms with Crippen molar-refractivity contribution in [3.05, 3.63) is 47.2 Å². The molecule has 19 heavy (non-hydrogen) atoms. The van der Waals surface area contributed by atoms with Gasteiger partial charge in [-0.3, -0.25) is 0 Å². The third-order valence-corrected chi connectivity index (χ3v) is 2.96. The minimum atomic E-state index is 0.200. The fourth-order valence-electron chi connectivity index (χ4n) is 1.60. The predicted octanol–water partition coefficient (Wildman–Crippen LogP) is 3.27. The van der Waals surface area contributed by atoms with Gasteiger partial charge < -0.3 is 9.63 Å². The van der Waals surface area contributed by atoms with E-state index in [1.165, 1.54) is 0 Å². The van der Waals surface area contributed by atoms with E-state index in [9.17, 15) is 5.11 Å². The second-order valence-corrected chi connectivity index (χ2v) is 4.65. The van der Waals surface area contributed by atoms with Crippen molar-refractivity contribution in [3.8, 4) is 28.6 Å². The third-order valence-electron chi connectivity index (χ3n) is 2.53. The van der Waals surface area contributed by atoms with Crippen molar-refractivity contribution in [2.45, 2.75) is 0 Å². The summed E-state index contributed by atoms with van der Waals surface area (Å²) in [5.74, 6) is 1.10. The molecule has 0 saturated heterocycles. The van der Waals surface area contributed by atoms with E-state index in [0.29, 0.717) is 16.3 Å². The maximum Gasteiger partial charge on any atom is 0.258 e. The molecule has 0 spiro atoms. The van der Waals surface area contributed by atoms with Crippen LogP contribution in [0.5, 0.6) is 5.75 Å². The maximum absolute atomic E-state index is 9.24. The number of benzene rings is 1. The van der Waals surface area contributed by atoms with Gasteiger partial charge in [0.1, 0.15) is 10.4 Å². The molecule has 3 aromatic rings. The molecule has 0 amide bonds. The highest BCUT2D eigenvalue weighted by Crippen LogP contribution is 2.24. The summed E-state index contributed by atoms with van der Waals surface area (Å²) >= 11 is 3.29. The molecule has 6 heteroatoms. The van der Waals surface area contributed by atoms with E-state index < -0.39 is 0 Å². The molecule has 0 unspecified atom stereocenters. The van der Waals surface area contributed by atoms with Gasteiger partial charge in [-0.05, 0) is 52.3 Å². The molecule has 0 bridgehead atoms. The van der Waals surface area contributed by atoms with Gasteiger partial charge in [0, 0.05) is 17.3 Å². The molecule has 1 N–H and O–H groups in total. The van der Waals surface area contributed by atoms with Crippen LogP contribution in [0.25, 0.3) is 22.8 Å². The van der Waals surface area contributed by atoms with Crippen LogP contribution in [0.2, 0.25) is 0 Å². The number of hydrogen-bond donors (Lipinski definition) is 1. The van der Waals surface area contributed by atoms with E-state index >= 15 is 0 Å². The first-order valence-corrected chi connectivity index (χ1v) is 6.27. The lowest BCUT2D eigenvalue weighted by Crippen LogP contribution is -1.82. The fraction of sp³-hybridized carbons (Fsp3) is 0. The molecule has 0 saturated carbocycles. The summed E-state index contributed by atoms with van der Waals surface area (Å²) in [5, 5.41) is 13.2. The summed E-state index contributed by atoms with van der Waals surface area (Å²) in [5.41, 5.74) is 1.57. The fourth-order valence-corrected chi connectivity index (χ4v) is 1.97. The van der Waals surface area contributed by atoms with E-state index in [-0.39, 0.29) is 5.75 Å². The van der Waals surface area contributed by atoms with Crippen LogP contribution in [0.4, 0.5) is 0 Å². The van der Waals surface area contributed by atoms with Crippen LogP contribution in [0, 0.1) is 0 Å². The van der Waals surface area contributed by atoms with Crippen molar-refractivity contribution in [2.24, 2.45) is 0 Å². The lowest BCUT2D eigenvalue weighted by atomic mass is 10.2. The molecule has 94 valence electrons. The Morgan fingerprint density at radius 3 is 2.58 bits per heavy atom. The summed E-state index contributed by atoms with van der Waals surface area (Å²) in [6.07, 6.45) is 1.66. The number of pyridine rings is 1. The van der Waals surface area contributed by atoms with Crippen LogP contribution in [-0.2, 0) is 0 Å². The number of phenolic OH excluding ortho intramolecular Hbond substituents is 1. The predicted molar refractivity (Wildman–Crippen MR) is 72.3 cm³/mol. The zero-order valence-corrected chi connectivity index (χ0v) is 11.2. The van der Waals surface area contributed by atoms with Crippen LogP contribution in [-0.4, -0.2) is 20.2 Å². The summed E-state index contributed by atoms with van der Waals surface area (Å²) in [4.78, 5) is 8.35. The Morgan fingerprint density at radius 2 is 1.84 bits per heavy atom. The molecule has 0 atom stereocenters. The van der Waals surface area contributed by atoms with Crippen LogP contribution in [0.3, 0.4) is 0 Å². The van der Waals surface area contributed by atoms with E-state index in [1.807, 2.05) is 0 Å². The lowest BCUT2D eigenvalue weighted by molar-refractivity contribution is 0.432. The standard InChI is InChI=1S/C13H8BrN3O2/c14-11-7-9(5-6-15-11)13-16-12(17-19-13)8-1-3-10(18)4-2-8/h1-7,18H. The Hall–Kier alpha value is -2.21. The molecule has 1 aromatic carbocycles. The molecule has 0 aliphatic heterocycles. The van der Waals surface area contributed by atoms with Gasteiger partial charge in [-0.15, -0.1) is 0 Å². The topological polar surface area (TPSA) is 72.0 Å². The first-order valence-electron chi connectivity index (χ1n) is 5.47. The van der Waals surface area contributed by atoms with Crippen molar-refractivity contribution in [1.29, 1.82) is 0 Å². The summed E-state index contributed by atoms with van der Waals surface area (Å²) < 4.78 is 5.92. The Bertz CT molecular complexity index is 710. The van der Waals surface area contributed by atoms with E-state index in [2.05, 4.69) is 31.1 Å². The van der Waals surface area contributed by atoms with Crippen molar-refractivity contribution < 1.29 is 9.63 Å². The quantitative estimate of drug-likeness (QED) is 0.734. The summed E-state index contributed by atoms with van der Waals surface area (Å²) in [7, 11) is 0. The monoisotopic (exact) mass is 317 g/mol. The van der Waals surface area contributed by atoms with Crippen LogP contribution in [0.15, 0.2) is 51.7 Å². The van der Waals surface area contributed by atoms with Crippen LogP contribution >= 0.6 is 15.9 Å². The molecule has 0 aliphatic rings. The van der Waals surface area contributed by atoms with Crippen molar-refractivity contribution in [2.75, 3.05) is 0 Å². The van der Waals surface area contributed by atoms with Gasteiger partial charge in [0.2, 0.25) is 5.82 Å². The maximum atomic E-state index is 9.24. The van der Waals surface area contributed by atoms with Crippen LogP contribution in [0.1, 0.15) is 0 Å². The van der Waals surface area contributed by atoms with Gasteiger partial charge in [-0.1, -0.05) is 5.16 Å². The van der Waals surface area contributed by atoms with E-state index in [1.54, 1.807) is 42.6 Å². The van der Waals surface area contributed by atoms with Gasteiger partial charge in [-0.2, -0.15) is 4.98 Å². The highest BCUT2D eigenvalue weighted by molar-refractivity contribution is 9.10. The van der Waals surface area contributed by atoms with Crippen molar-refractivity contribution >= 4 is 15.9 Å².